The number of nitriles is 1. The lowest BCUT2D eigenvalue weighted by Crippen LogP contribution is -2.06. The Balaban J connectivity index is 3.01. The molecule has 0 saturated heterocycles. The Hall–Kier alpha value is -2.54. The van der Waals surface area contributed by atoms with Crippen molar-refractivity contribution < 1.29 is 14.3 Å². The van der Waals surface area contributed by atoms with Crippen molar-refractivity contribution >= 4 is 12.0 Å². The summed E-state index contributed by atoms with van der Waals surface area (Å²) in [5, 5.41) is 8.99. The average Bonchev–Trinajstić information content (AvgIpc) is 2.44. The first-order valence-corrected chi connectivity index (χ1v) is 5.84. The van der Waals surface area contributed by atoms with Gasteiger partial charge in [-0.05, 0) is 19.1 Å². The van der Waals surface area contributed by atoms with Crippen LogP contribution >= 0.6 is 0 Å². The van der Waals surface area contributed by atoms with Crippen molar-refractivity contribution in [3.05, 3.63) is 48.1 Å². The Kier molecular flexibility index (Phi) is 5.90. The van der Waals surface area contributed by atoms with Gasteiger partial charge >= 0.3 is 5.97 Å². The predicted molar refractivity (Wildman–Crippen MR) is 72.4 cm³/mol. The molecular formula is C15H15NO3. The van der Waals surface area contributed by atoms with Crippen LogP contribution in [-0.4, -0.2) is 19.2 Å². The molecule has 1 aromatic rings. The van der Waals surface area contributed by atoms with E-state index < -0.39 is 5.97 Å². The molecule has 0 bridgehead atoms. The summed E-state index contributed by atoms with van der Waals surface area (Å²) in [6.07, 6.45) is 2.90. The van der Waals surface area contributed by atoms with E-state index in [0.717, 1.165) is 0 Å². The molecule has 0 unspecified atom stereocenters. The normalized spacial score (nSPS) is 10.4. The summed E-state index contributed by atoms with van der Waals surface area (Å²) in [6, 6.07) is 9.00. The van der Waals surface area contributed by atoms with Gasteiger partial charge in [-0.25, -0.2) is 4.79 Å². The van der Waals surface area contributed by atoms with Crippen molar-refractivity contribution in [1.82, 2.24) is 0 Å². The number of carbonyl (C=O) groups is 1. The number of carbonyl (C=O) groups excluding carboxylic acids is 1. The van der Waals surface area contributed by atoms with Gasteiger partial charge < -0.3 is 9.47 Å². The van der Waals surface area contributed by atoms with Crippen molar-refractivity contribution in [2.45, 2.75) is 6.92 Å². The molecule has 1 rings (SSSR count). The standard InChI is InChI=1S/C15H15NO3/c1-3-9-19-15(17)13(11-16)10-12-7-5-6-8-14(12)18-4-2/h3,5-8,10H,1,4,9H2,2H3. The summed E-state index contributed by atoms with van der Waals surface area (Å²) >= 11 is 0. The van der Waals surface area contributed by atoms with E-state index in [9.17, 15) is 4.79 Å². The second-order valence-electron chi connectivity index (χ2n) is 3.53. The predicted octanol–water partition coefficient (Wildman–Crippen LogP) is 2.72. The van der Waals surface area contributed by atoms with Crippen molar-refractivity contribution in [1.29, 1.82) is 5.26 Å². The molecule has 98 valence electrons. The highest BCUT2D eigenvalue weighted by Crippen LogP contribution is 2.21. The van der Waals surface area contributed by atoms with Crippen molar-refractivity contribution in [2.24, 2.45) is 0 Å². The number of para-hydroxylation sites is 1. The Morgan fingerprint density at radius 1 is 1.47 bits per heavy atom. The molecular weight excluding hydrogens is 242 g/mol. The summed E-state index contributed by atoms with van der Waals surface area (Å²) in [5.74, 6) is -0.0528. The van der Waals surface area contributed by atoms with Crippen molar-refractivity contribution in [3.63, 3.8) is 0 Å². The summed E-state index contributed by atoms with van der Waals surface area (Å²) in [4.78, 5) is 11.6. The first-order valence-electron chi connectivity index (χ1n) is 5.84. The molecule has 0 N–H and O–H groups in total. The summed E-state index contributed by atoms with van der Waals surface area (Å²) in [5.41, 5.74) is 0.588. The highest BCUT2D eigenvalue weighted by molar-refractivity contribution is 5.98. The van der Waals surface area contributed by atoms with Gasteiger partial charge in [0, 0.05) is 5.56 Å². The lowest BCUT2D eigenvalue weighted by molar-refractivity contribution is -0.137. The van der Waals surface area contributed by atoms with Crippen LogP contribution in [0.1, 0.15) is 12.5 Å². The summed E-state index contributed by atoms with van der Waals surface area (Å²) in [6.45, 7) is 5.89. The van der Waals surface area contributed by atoms with Gasteiger partial charge in [-0.2, -0.15) is 5.26 Å². The van der Waals surface area contributed by atoms with E-state index in [-0.39, 0.29) is 12.2 Å². The van der Waals surface area contributed by atoms with Crippen molar-refractivity contribution in [2.75, 3.05) is 13.2 Å². The molecule has 0 aromatic heterocycles. The molecule has 0 aliphatic heterocycles. The number of esters is 1. The fourth-order valence-electron chi connectivity index (χ4n) is 1.39. The quantitative estimate of drug-likeness (QED) is 0.340. The molecule has 0 atom stereocenters. The topological polar surface area (TPSA) is 59.3 Å². The molecule has 0 aliphatic rings. The molecule has 0 heterocycles. The van der Waals surface area contributed by atoms with E-state index in [1.165, 1.54) is 12.2 Å². The highest BCUT2D eigenvalue weighted by Gasteiger charge is 2.11. The van der Waals surface area contributed by atoms with Gasteiger partial charge in [0.05, 0.1) is 6.61 Å². The number of hydrogen-bond donors (Lipinski definition) is 0. The lowest BCUT2D eigenvalue weighted by Gasteiger charge is -2.07. The third-order valence-electron chi connectivity index (χ3n) is 2.19. The zero-order valence-corrected chi connectivity index (χ0v) is 10.8. The van der Waals surface area contributed by atoms with Gasteiger partial charge in [-0.15, -0.1) is 0 Å². The van der Waals surface area contributed by atoms with E-state index in [4.69, 9.17) is 14.7 Å². The number of benzene rings is 1. The number of hydrogen-bond acceptors (Lipinski definition) is 4. The largest absolute Gasteiger partial charge is 0.493 e. The molecule has 4 nitrogen and oxygen atoms in total. The molecule has 1 aromatic carbocycles. The SMILES string of the molecule is C=CCOC(=O)C(C#N)=Cc1ccccc1OCC. The summed E-state index contributed by atoms with van der Waals surface area (Å²) < 4.78 is 10.2. The van der Waals surface area contributed by atoms with E-state index >= 15 is 0 Å². The second-order valence-corrected chi connectivity index (χ2v) is 3.53. The van der Waals surface area contributed by atoms with E-state index in [1.807, 2.05) is 19.1 Å². The number of rotatable bonds is 6. The Labute approximate surface area is 112 Å². The van der Waals surface area contributed by atoms with Crippen LogP contribution in [0, 0.1) is 11.3 Å². The molecule has 19 heavy (non-hydrogen) atoms. The molecule has 0 fully saturated rings. The van der Waals surface area contributed by atoms with Gasteiger partial charge in [0.25, 0.3) is 0 Å². The zero-order valence-electron chi connectivity index (χ0n) is 10.8. The van der Waals surface area contributed by atoms with Crippen LogP contribution in [-0.2, 0) is 9.53 Å². The van der Waals surface area contributed by atoms with Gasteiger partial charge in [0.2, 0.25) is 0 Å². The van der Waals surface area contributed by atoms with E-state index in [0.29, 0.717) is 17.9 Å². The average molecular weight is 257 g/mol. The summed E-state index contributed by atoms with van der Waals surface area (Å²) in [7, 11) is 0. The fourth-order valence-corrected chi connectivity index (χ4v) is 1.39. The minimum absolute atomic E-state index is 0.0744. The highest BCUT2D eigenvalue weighted by atomic mass is 16.5. The third kappa shape index (κ3) is 4.32. The zero-order chi connectivity index (χ0) is 14.1. The first-order chi connectivity index (χ1) is 9.22. The third-order valence-corrected chi connectivity index (χ3v) is 2.19. The van der Waals surface area contributed by atoms with Crippen LogP contribution in [0.3, 0.4) is 0 Å². The van der Waals surface area contributed by atoms with Crippen LogP contribution in [0.15, 0.2) is 42.5 Å². The molecule has 0 spiro atoms. The minimum Gasteiger partial charge on any atom is -0.493 e. The van der Waals surface area contributed by atoms with E-state index in [1.54, 1.807) is 18.2 Å². The van der Waals surface area contributed by atoms with Crippen LogP contribution in [0.4, 0.5) is 0 Å². The Morgan fingerprint density at radius 3 is 2.84 bits per heavy atom. The Morgan fingerprint density at radius 2 is 2.21 bits per heavy atom. The van der Waals surface area contributed by atoms with Gasteiger partial charge in [0.1, 0.15) is 24.0 Å². The molecule has 0 amide bonds. The molecule has 0 radical (unpaired) electrons. The second kappa shape index (κ2) is 7.72. The van der Waals surface area contributed by atoms with Crippen LogP contribution in [0.25, 0.3) is 6.08 Å². The monoisotopic (exact) mass is 257 g/mol. The Bertz CT molecular complexity index is 526. The van der Waals surface area contributed by atoms with Gasteiger partial charge in [0.15, 0.2) is 0 Å². The van der Waals surface area contributed by atoms with E-state index in [2.05, 4.69) is 6.58 Å². The maximum Gasteiger partial charge on any atom is 0.349 e. The number of nitrogens with zero attached hydrogens (tertiary/aromatic N) is 1. The van der Waals surface area contributed by atoms with Crippen LogP contribution in [0.5, 0.6) is 5.75 Å². The maximum absolute atomic E-state index is 11.6. The molecule has 0 aliphatic carbocycles. The fraction of sp³-hybridized carbons (Fsp3) is 0.200. The lowest BCUT2D eigenvalue weighted by atomic mass is 10.1. The van der Waals surface area contributed by atoms with Crippen molar-refractivity contribution in [3.8, 4) is 11.8 Å². The molecule has 4 heteroatoms. The van der Waals surface area contributed by atoms with Gasteiger partial charge in [-0.3, -0.25) is 0 Å². The minimum atomic E-state index is -0.672. The number of ether oxygens (including phenoxy) is 2. The van der Waals surface area contributed by atoms with Crippen LogP contribution < -0.4 is 4.74 Å². The smallest absolute Gasteiger partial charge is 0.349 e. The molecule has 0 saturated carbocycles. The van der Waals surface area contributed by atoms with Crippen LogP contribution in [0.2, 0.25) is 0 Å². The maximum atomic E-state index is 11.6. The van der Waals surface area contributed by atoms with Gasteiger partial charge in [-0.1, -0.05) is 30.9 Å². The first kappa shape index (κ1) is 14.5.